The van der Waals surface area contributed by atoms with Crippen molar-refractivity contribution in [1.29, 1.82) is 0 Å². The summed E-state index contributed by atoms with van der Waals surface area (Å²) in [5, 5.41) is 18.9. The number of benzene rings is 2. The first-order valence-corrected chi connectivity index (χ1v) is 8.10. The molecule has 0 fully saturated rings. The highest BCUT2D eigenvalue weighted by Gasteiger charge is 2.14. The molecule has 25 heavy (non-hydrogen) atoms. The van der Waals surface area contributed by atoms with Crippen LogP contribution in [0.5, 0.6) is 11.6 Å². The zero-order chi connectivity index (χ0) is 18.0. The van der Waals surface area contributed by atoms with Gasteiger partial charge in [-0.15, -0.1) is 10.2 Å². The van der Waals surface area contributed by atoms with Crippen LogP contribution < -0.4 is 4.74 Å². The summed E-state index contributed by atoms with van der Waals surface area (Å²) in [7, 11) is 0. The number of carbonyl (C=O) groups excluding carboxylic acids is 1. The predicted molar refractivity (Wildman–Crippen MR) is 96.5 cm³/mol. The molecule has 0 aliphatic heterocycles. The number of ether oxygens (including phenoxy) is 1. The fourth-order valence-corrected chi connectivity index (χ4v) is 2.85. The van der Waals surface area contributed by atoms with Gasteiger partial charge in [0, 0.05) is 15.4 Å². The summed E-state index contributed by atoms with van der Waals surface area (Å²) < 4.78 is 5.27. The van der Waals surface area contributed by atoms with Crippen molar-refractivity contribution < 1.29 is 14.6 Å². The van der Waals surface area contributed by atoms with Crippen molar-refractivity contribution in [2.75, 3.05) is 6.61 Å². The minimum atomic E-state index is -0.637. The lowest BCUT2D eigenvalue weighted by atomic mass is 10.2. The van der Waals surface area contributed by atoms with Gasteiger partial charge in [0.05, 0.1) is 10.5 Å². The first kappa shape index (κ1) is 17.5. The van der Waals surface area contributed by atoms with Gasteiger partial charge in [0.2, 0.25) is 5.88 Å². The van der Waals surface area contributed by atoms with Gasteiger partial charge in [0.1, 0.15) is 5.75 Å². The zero-order valence-corrected chi connectivity index (χ0v) is 14.7. The molecule has 2 aromatic carbocycles. The molecule has 9 heteroatoms. The van der Waals surface area contributed by atoms with Gasteiger partial charge >= 0.3 is 5.91 Å². The molecule has 3 rings (SSSR count). The van der Waals surface area contributed by atoms with Crippen molar-refractivity contribution in [3.8, 4) is 11.6 Å². The van der Waals surface area contributed by atoms with Crippen LogP contribution in [0, 0.1) is 0 Å². The number of aromatic nitrogens is 1. The van der Waals surface area contributed by atoms with Crippen LogP contribution in [0.2, 0.25) is 15.1 Å². The first-order chi connectivity index (χ1) is 11.9. The number of H-pyrrole nitrogens is 1. The van der Waals surface area contributed by atoms with E-state index in [0.717, 1.165) is 0 Å². The summed E-state index contributed by atoms with van der Waals surface area (Å²) in [5.74, 6) is -0.474. The van der Waals surface area contributed by atoms with E-state index in [1.807, 2.05) is 0 Å². The Labute approximate surface area is 157 Å². The molecule has 1 heterocycles. The number of fused-ring (bicyclic) bond motifs is 1. The lowest BCUT2D eigenvalue weighted by molar-refractivity contribution is -0.120. The number of azo groups is 1. The van der Waals surface area contributed by atoms with Gasteiger partial charge in [-0.05, 0) is 30.3 Å². The SMILES string of the molecule is O=C(COc1cccc(Cl)c1)N=Nc1c(O)[nH]c2c(Cl)cc(Cl)cc12. The molecule has 1 aromatic heterocycles. The van der Waals surface area contributed by atoms with Crippen molar-refractivity contribution in [2.24, 2.45) is 10.2 Å². The lowest BCUT2D eigenvalue weighted by Gasteiger charge is -2.02. The van der Waals surface area contributed by atoms with Crippen LogP contribution >= 0.6 is 34.8 Å². The normalized spacial score (nSPS) is 11.3. The number of rotatable bonds is 4. The quantitative estimate of drug-likeness (QED) is 0.567. The van der Waals surface area contributed by atoms with E-state index in [9.17, 15) is 9.90 Å². The molecule has 0 saturated carbocycles. The molecule has 0 unspecified atom stereocenters. The topological polar surface area (TPSA) is 87.0 Å². The van der Waals surface area contributed by atoms with E-state index < -0.39 is 5.91 Å². The van der Waals surface area contributed by atoms with Gasteiger partial charge in [-0.2, -0.15) is 0 Å². The Hall–Kier alpha value is -2.28. The first-order valence-electron chi connectivity index (χ1n) is 6.96. The molecule has 0 atom stereocenters. The number of nitrogens with one attached hydrogen (secondary N) is 1. The maximum Gasteiger partial charge on any atom is 0.302 e. The Morgan fingerprint density at radius 1 is 1.16 bits per heavy atom. The fraction of sp³-hybridized carbons (Fsp3) is 0.0625. The third-order valence-electron chi connectivity index (χ3n) is 3.20. The summed E-state index contributed by atoms with van der Waals surface area (Å²) in [6.45, 7) is -0.325. The van der Waals surface area contributed by atoms with Crippen LogP contribution in [-0.2, 0) is 4.79 Å². The molecular weight excluding hydrogens is 389 g/mol. The third-order valence-corrected chi connectivity index (χ3v) is 3.95. The average Bonchev–Trinajstić information content (AvgIpc) is 2.87. The van der Waals surface area contributed by atoms with Crippen molar-refractivity contribution in [3.63, 3.8) is 0 Å². The Morgan fingerprint density at radius 2 is 1.96 bits per heavy atom. The van der Waals surface area contributed by atoms with Gasteiger partial charge in [-0.3, -0.25) is 4.79 Å². The summed E-state index contributed by atoms with van der Waals surface area (Å²) in [4.78, 5) is 14.5. The van der Waals surface area contributed by atoms with E-state index in [0.29, 0.717) is 31.7 Å². The molecule has 0 radical (unpaired) electrons. The number of halogens is 3. The molecule has 128 valence electrons. The third kappa shape index (κ3) is 4.04. The van der Waals surface area contributed by atoms with Crippen molar-refractivity contribution >= 4 is 57.3 Å². The lowest BCUT2D eigenvalue weighted by Crippen LogP contribution is -2.07. The highest BCUT2D eigenvalue weighted by molar-refractivity contribution is 6.38. The molecule has 0 bridgehead atoms. The van der Waals surface area contributed by atoms with Crippen molar-refractivity contribution in [1.82, 2.24) is 4.98 Å². The van der Waals surface area contributed by atoms with Crippen LogP contribution in [-0.4, -0.2) is 22.6 Å². The number of aromatic amines is 1. The van der Waals surface area contributed by atoms with Gasteiger partial charge in [0.25, 0.3) is 0 Å². The van der Waals surface area contributed by atoms with E-state index in [2.05, 4.69) is 15.2 Å². The number of hydrogen-bond acceptors (Lipinski definition) is 4. The van der Waals surface area contributed by atoms with E-state index in [1.54, 1.807) is 30.3 Å². The van der Waals surface area contributed by atoms with Crippen LogP contribution in [0.15, 0.2) is 46.6 Å². The Kier molecular flexibility index (Phi) is 5.13. The largest absolute Gasteiger partial charge is 0.493 e. The monoisotopic (exact) mass is 397 g/mol. The standard InChI is InChI=1S/C16H10Cl3N3O3/c17-8-2-1-3-10(4-8)25-7-13(23)21-22-15-11-5-9(18)6-12(19)14(11)20-16(15)24/h1-6,20,24H,7H2. The van der Waals surface area contributed by atoms with Gasteiger partial charge < -0.3 is 14.8 Å². The molecule has 0 aliphatic rings. The minimum Gasteiger partial charge on any atom is -0.493 e. The summed E-state index contributed by atoms with van der Waals surface area (Å²) in [6, 6.07) is 9.69. The Bertz CT molecular complexity index is 985. The number of nitrogens with zero attached hydrogens (tertiary/aromatic N) is 2. The maximum absolute atomic E-state index is 11.8. The predicted octanol–water partition coefficient (Wildman–Crippen LogP) is 5.52. The molecular formula is C16H10Cl3N3O3. The molecule has 0 aliphatic carbocycles. The molecule has 1 amide bonds. The fourth-order valence-electron chi connectivity index (χ4n) is 2.13. The molecule has 6 nitrogen and oxygen atoms in total. The second kappa shape index (κ2) is 7.31. The van der Waals surface area contributed by atoms with Gasteiger partial charge in [-0.25, -0.2) is 0 Å². The summed E-state index contributed by atoms with van der Waals surface area (Å²) in [5.41, 5.74) is 0.510. The smallest absolute Gasteiger partial charge is 0.302 e. The van der Waals surface area contributed by atoms with Crippen LogP contribution in [0.1, 0.15) is 0 Å². The van der Waals surface area contributed by atoms with Gasteiger partial charge in [-0.1, -0.05) is 40.9 Å². The summed E-state index contributed by atoms with van der Waals surface area (Å²) in [6.07, 6.45) is 0. The molecule has 0 spiro atoms. The maximum atomic E-state index is 11.8. The van der Waals surface area contributed by atoms with Gasteiger partial charge in [0.15, 0.2) is 12.3 Å². The number of carbonyl (C=O) groups is 1. The van der Waals surface area contributed by atoms with E-state index >= 15 is 0 Å². The van der Waals surface area contributed by atoms with Crippen molar-refractivity contribution in [3.05, 3.63) is 51.5 Å². The molecule has 2 N–H and O–H groups in total. The molecule has 3 aromatic rings. The van der Waals surface area contributed by atoms with Crippen molar-refractivity contribution in [2.45, 2.75) is 0 Å². The second-order valence-corrected chi connectivity index (χ2v) is 6.25. The highest BCUT2D eigenvalue weighted by Crippen LogP contribution is 2.40. The van der Waals surface area contributed by atoms with Crippen LogP contribution in [0.3, 0.4) is 0 Å². The minimum absolute atomic E-state index is 0.0653. The summed E-state index contributed by atoms with van der Waals surface area (Å²) >= 11 is 17.8. The molecule has 0 saturated heterocycles. The zero-order valence-electron chi connectivity index (χ0n) is 12.5. The number of hydrogen-bond donors (Lipinski definition) is 2. The van der Waals surface area contributed by atoms with Crippen LogP contribution in [0.4, 0.5) is 5.69 Å². The number of aromatic hydroxyl groups is 1. The van der Waals surface area contributed by atoms with E-state index in [-0.39, 0.29) is 18.2 Å². The highest BCUT2D eigenvalue weighted by atomic mass is 35.5. The van der Waals surface area contributed by atoms with E-state index in [4.69, 9.17) is 39.5 Å². The average molecular weight is 399 g/mol. The van der Waals surface area contributed by atoms with Crippen LogP contribution in [0.25, 0.3) is 10.9 Å². The Balaban J connectivity index is 1.76. The van der Waals surface area contributed by atoms with E-state index in [1.165, 1.54) is 6.07 Å². The second-order valence-electron chi connectivity index (χ2n) is 4.97. The number of amides is 1. The Morgan fingerprint density at radius 3 is 2.72 bits per heavy atom.